The Bertz CT molecular complexity index is 1170. The summed E-state index contributed by atoms with van der Waals surface area (Å²) in [6, 6.07) is 6.68. The van der Waals surface area contributed by atoms with Crippen molar-refractivity contribution < 1.29 is 9.18 Å². The fourth-order valence-electron chi connectivity index (χ4n) is 2.97. The Hall–Kier alpha value is -3.18. The summed E-state index contributed by atoms with van der Waals surface area (Å²) in [5, 5.41) is 9.92. The molecule has 0 atom stereocenters. The van der Waals surface area contributed by atoms with Crippen LogP contribution in [0.15, 0.2) is 34.4 Å². The predicted octanol–water partition coefficient (Wildman–Crippen LogP) is 3.48. The molecule has 3 aromatic rings. The molecule has 3 rings (SSSR count). The predicted molar refractivity (Wildman–Crippen MR) is 106 cm³/mol. The quantitative estimate of drug-likeness (QED) is 0.623. The molecule has 0 aliphatic heterocycles. The molecular weight excluding hydrogens is 413 g/mol. The first-order valence-electron chi connectivity index (χ1n) is 7.86. The zero-order valence-corrected chi connectivity index (χ0v) is 16.1. The van der Waals surface area contributed by atoms with E-state index in [0.717, 1.165) is 0 Å². The van der Waals surface area contributed by atoms with E-state index in [0.29, 0.717) is 43.3 Å². The number of nitriles is 1. The number of hydrogen-bond acceptors (Lipinski definition) is 4. The van der Waals surface area contributed by atoms with Crippen LogP contribution in [0.1, 0.15) is 18.1 Å². The molecule has 0 unspecified atom stereocenters. The van der Waals surface area contributed by atoms with Crippen LogP contribution >= 0.6 is 15.9 Å². The van der Waals surface area contributed by atoms with Crippen LogP contribution in [-0.4, -0.2) is 15.5 Å². The molecule has 8 heteroatoms. The van der Waals surface area contributed by atoms with Crippen molar-refractivity contribution in [3.8, 4) is 17.3 Å². The molecule has 27 heavy (non-hydrogen) atoms. The second-order valence-electron chi connectivity index (χ2n) is 6.05. The number of carbonyl (C=O) groups excluding carboxylic acids is 1. The summed E-state index contributed by atoms with van der Waals surface area (Å²) in [5.41, 5.74) is 13.8. The number of halogens is 2. The van der Waals surface area contributed by atoms with Crippen LogP contribution < -0.4 is 11.5 Å². The zero-order chi connectivity index (χ0) is 19.9. The number of nitrogen functional groups attached to an aromatic ring is 1. The lowest BCUT2D eigenvalue weighted by molar-refractivity contribution is -0.114. The van der Waals surface area contributed by atoms with Crippen LogP contribution in [0.4, 0.5) is 10.2 Å². The van der Waals surface area contributed by atoms with Gasteiger partial charge in [0.05, 0.1) is 26.6 Å². The zero-order valence-electron chi connectivity index (χ0n) is 14.5. The van der Waals surface area contributed by atoms with Crippen LogP contribution in [-0.2, 0) is 11.8 Å². The highest BCUT2D eigenvalue weighted by Crippen LogP contribution is 2.41. The summed E-state index contributed by atoms with van der Waals surface area (Å²) in [5.74, 6) is -0.810. The molecule has 2 heterocycles. The Morgan fingerprint density at radius 2 is 2.15 bits per heavy atom. The van der Waals surface area contributed by atoms with Gasteiger partial charge < -0.3 is 16.0 Å². The average molecular weight is 428 g/mol. The maximum absolute atomic E-state index is 14.9. The van der Waals surface area contributed by atoms with Crippen molar-refractivity contribution in [1.29, 1.82) is 5.26 Å². The largest absolute Gasteiger partial charge is 0.383 e. The van der Waals surface area contributed by atoms with Crippen molar-refractivity contribution in [3.05, 3.63) is 51.4 Å². The van der Waals surface area contributed by atoms with Gasteiger partial charge in [-0.2, -0.15) is 5.26 Å². The number of nitrogens with two attached hydrogens (primary N) is 2. The fourth-order valence-corrected chi connectivity index (χ4v) is 3.84. The third-order valence-corrected chi connectivity index (χ3v) is 5.09. The first-order valence-corrected chi connectivity index (χ1v) is 8.66. The van der Waals surface area contributed by atoms with Gasteiger partial charge in [0.15, 0.2) is 0 Å². The lowest BCUT2D eigenvalue weighted by Crippen LogP contribution is -2.11. The van der Waals surface area contributed by atoms with E-state index < -0.39 is 11.7 Å². The number of primary amides is 1. The molecular formula is C19H15BrFN5O. The molecule has 0 saturated heterocycles. The smallest absolute Gasteiger partial charge is 0.244 e. The number of rotatable bonds is 3. The van der Waals surface area contributed by atoms with Crippen molar-refractivity contribution in [2.45, 2.75) is 6.92 Å². The highest BCUT2D eigenvalue weighted by molar-refractivity contribution is 9.10. The Morgan fingerprint density at radius 3 is 2.74 bits per heavy atom. The lowest BCUT2D eigenvalue weighted by Gasteiger charge is -2.08. The van der Waals surface area contributed by atoms with Crippen molar-refractivity contribution in [2.24, 2.45) is 12.8 Å². The number of pyridine rings is 1. The Balaban J connectivity index is 2.25. The number of carbonyl (C=O) groups is 1. The van der Waals surface area contributed by atoms with E-state index in [1.807, 2.05) is 0 Å². The van der Waals surface area contributed by atoms with Crippen molar-refractivity contribution in [1.82, 2.24) is 9.55 Å². The number of benzene rings is 1. The number of fused-ring (bicyclic) bond motifs is 1. The van der Waals surface area contributed by atoms with Gasteiger partial charge in [-0.15, -0.1) is 0 Å². The fraction of sp³-hybridized carbons (Fsp3) is 0.105. The van der Waals surface area contributed by atoms with E-state index in [-0.39, 0.29) is 5.82 Å². The molecule has 6 nitrogen and oxygen atoms in total. The highest BCUT2D eigenvalue weighted by Gasteiger charge is 2.22. The van der Waals surface area contributed by atoms with Gasteiger partial charge in [-0.1, -0.05) is 6.07 Å². The molecule has 0 fully saturated rings. The molecule has 0 bridgehead atoms. The number of aryl methyl sites for hydroxylation is 1. The van der Waals surface area contributed by atoms with Crippen LogP contribution in [0, 0.1) is 17.1 Å². The molecule has 0 spiro atoms. The van der Waals surface area contributed by atoms with E-state index in [1.165, 1.54) is 18.3 Å². The third kappa shape index (κ3) is 3.06. The van der Waals surface area contributed by atoms with Crippen molar-refractivity contribution >= 4 is 44.6 Å². The number of hydrogen-bond donors (Lipinski definition) is 2. The van der Waals surface area contributed by atoms with Gasteiger partial charge in [0.2, 0.25) is 5.91 Å². The van der Waals surface area contributed by atoms with E-state index in [2.05, 4.69) is 27.0 Å². The summed E-state index contributed by atoms with van der Waals surface area (Å²) in [4.78, 5) is 15.2. The van der Waals surface area contributed by atoms with Gasteiger partial charge in [0.25, 0.3) is 0 Å². The summed E-state index contributed by atoms with van der Waals surface area (Å²) in [6.07, 6.45) is 2.91. The topological polar surface area (TPSA) is 111 Å². The minimum atomic E-state index is -0.567. The van der Waals surface area contributed by atoms with Gasteiger partial charge in [-0.05, 0) is 46.6 Å². The molecule has 0 saturated carbocycles. The second kappa shape index (κ2) is 6.85. The minimum Gasteiger partial charge on any atom is -0.383 e. The Morgan fingerprint density at radius 1 is 1.44 bits per heavy atom. The van der Waals surface area contributed by atoms with Crippen molar-refractivity contribution in [3.63, 3.8) is 0 Å². The third-order valence-electron chi connectivity index (χ3n) is 4.32. The first-order chi connectivity index (χ1) is 12.8. The second-order valence-corrected chi connectivity index (χ2v) is 6.84. The Labute approximate surface area is 163 Å². The average Bonchev–Trinajstić information content (AvgIpc) is 2.88. The maximum Gasteiger partial charge on any atom is 0.244 e. The van der Waals surface area contributed by atoms with E-state index in [4.69, 9.17) is 11.5 Å². The number of anilines is 1. The van der Waals surface area contributed by atoms with Gasteiger partial charge >= 0.3 is 0 Å². The molecule has 136 valence electrons. The van der Waals surface area contributed by atoms with Crippen molar-refractivity contribution in [2.75, 3.05) is 5.73 Å². The molecule has 4 N–H and O–H groups in total. The van der Waals surface area contributed by atoms with Gasteiger partial charge in [0.1, 0.15) is 17.7 Å². The lowest BCUT2D eigenvalue weighted by atomic mass is 10.1. The standard InChI is InChI=1S/C19H15BrFN5O/c1-9(19(24)27)5-10-3-4-12(13(21)6-10)17-15(20)14-16(26(17)2)11(7-22)8-25-18(14)23/h3-6,8H,1-2H3,(H2,23,25)(H2,24,27). The van der Waals surface area contributed by atoms with E-state index in [1.54, 1.807) is 30.7 Å². The normalized spacial score (nSPS) is 11.6. The van der Waals surface area contributed by atoms with Crippen LogP contribution in [0.2, 0.25) is 0 Å². The van der Waals surface area contributed by atoms with Gasteiger partial charge in [-0.3, -0.25) is 4.79 Å². The van der Waals surface area contributed by atoms with E-state index >= 15 is 0 Å². The molecule has 2 aromatic heterocycles. The van der Waals surface area contributed by atoms with Crippen LogP contribution in [0.25, 0.3) is 28.2 Å². The number of amides is 1. The number of aromatic nitrogens is 2. The first kappa shape index (κ1) is 18.6. The van der Waals surface area contributed by atoms with Gasteiger partial charge in [-0.25, -0.2) is 9.37 Å². The maximum atomic E-state index is 14.9. The molecule has 0 aliphatic rings. The molecule has 0 aliphatic carbocycles. The van der Waals surface area contributed by atoms with Crippen LogP contribution in [0.5, 0.6) is 0 Å². The van der Waals surface area contributed by atoms with Crippen LogP contribution in [0.3, 0.4) is 0 Å². The SMILES string of the molecule is CC(=Cc1ccc(-c2c(Br)c3c(N)ncc(C#N)c3n2C)c(F)c1)C(N)=O. The van der Waals surface area contributed by atoms with Gasteiger partial charge in [0, 0.05) is 24.4 Å². The molecule has 1 aromatic carbocycles. The molecule has 0 radical (unpaired) electrons. The highest BCUT2D eigenvalue weighted by atomic mass is 79.9. The Kier molecular flexibility index (Phi) is 4.72. The summed E-state index contributed by atoms with van der Waals surface area (Å²) < 4.78 is 17.1. The summed E-state index contributed by atoms with van der Waals surface area (Å²) >= 11 is 3.48. The minimum absolute atomic E-state index is 0.245. The molecule has 1 amide bonds. The van der Waals surface area contributed by atoms with E-state index in [9.17, 15) is 14.4 Å². The summed E-state index contributed by atoms with van der Waals surface area (Å²) in [6.45, 7) is 1.56. The number of nitrogens with zero attached hydrogens (tertiary/aromatic N) is 3. The summed E-state index contributed by atoms with van der Waals surface area (Å²) in [7, 11) is 1.73. The monoisotopic (exact) mass is 427 g/mol.